The molecule has 6 heteroatoms. The smallest absolute Gasteiger partial charge is 0.227 e. The van der Waals surface area contributed by atoms with Crippen LogP contribution in [-0.4, -0.2) is 21.6 Å². The van der Waals surface area contributed by atoms with Gasteiger partial charge in [0.15, 0.2) is 0 Å². The van der Waals surface area contributed by atoms with Crippen molar-refractivity contribution >= 4 is 11.3 Å². The van der Waals surface area contributed by atoms with Crippen LogP contribution < -0.4 is 0 Å². The average molecular weight is 379 g/mol. The summed E-state index contributed by atoms with van der Waals surface area (Å²) in [5, 5.41) is 6.10. The van der Waals surface area contributed by atoms with E-state index >= 15 is 0 Å². The van der Waals surface area contributed by atoms with Gasteiger partial charge < -0.3 is 8.94 Å². The molecular weight excluding hydrogens is 358 g/mol. The molecule has 4 aromatic rings. The highest BCUT2D eigenvalue weighted by Gasteiger charge is 2.12. The first-order valence-electron chi connectivity index (χ1n) is 9.02. The molecule has 138 valence electrons. The maximum Gasteiger partial charge on any atom is 0.227 e. The van der Waals surface area contributed by atoms with Gasteiger partial charge in [-0.15, -0.1) is 11.3 Å². The van der Waals surface area contributed by atoms with Crippen molar-refractivity contribution in [3.8, 4) is 10.7 Å². The molecule has 0 unspecified atom stereocenters. The van der Waals surface area contributed by atoms with Crippen molar-refractivity contribution in [3.05, 3.63) is 83.5 Å². The monoisotopic (exact) mass is 379 g/mol. The van der Waals surface area contributed by atoms with Crippen LogP contribution in [-0.2, 0) is 19.5 Å². The summed E-state index contributed by atoms with van der Waals surface area (Å²) in [4.78, 5) is 7.92. The maximum atomic E-state index is 5.53. The van der Waals surface area contributed by atoms with Crippen LogP contribution >= 0.6 is 11.3 Å². The van der Waals surface area contributed by atoms with Gasteiger partial charge >= 0.3 is 0 Å². The minimum Gasteiger partial charge on any atom is -0.468 e. The molecule has 3 aromatic heterocycles. The molecule has 27 heavy (non-hydrogen) atoms. The molecule has 0 aliphatic rings. The molecular formula is C21H21N3O2S. The van der Waals surface area contributed by atoms with E-state index in [9.17, 15) is 0 Å². The zero-order chi connectivity index (χ0) is 18.3. The summed E-state index contributed by atoms with van der Waals surface area (Å²) < 4.78 is 10.9. The number of benzene rings is 1. The second kappa shape index (κ2) is 8.79. The summed E-state index contributed by atoms with van der Waals surface area (Å²) in [6.07, 6.45) is 3.43. The summed E-state index contributed by atoms with van der Waals surface area (Å²) in [6.45, 7) is 2.59. The Balaban J connectivity index is 1.35. The van der Waals surface area contributed by atoms with E-state index in [0.29, 0.717) is 11.7 Å². The number of aromatic nitrogens is 2. The largest absolute Gasteiger partial charge is 0.468 e. The third-order valence-electron chi connectivity index (χ3n) is 4.28. The zero-order valence-corrected chi connectivity index (χ0v) is 15.8. The summed E-state index contributed by atoms with van der Waals surface area (Å²) >= 11 is 1.62. The second-order valence-electron chi connectivity index (χ2n) is 6.37. The summed E-state index contributed by atoms with van der Waals surface area (Å²) in [6, 6.07) is 18.4. The van der Waals surface area contributed by atoms with Crippen LogP contribution in [0.3, 0.4) is 0 Å². The van der Waals surface area contributed by atoms with Crippen molar-refractivity contribution in [1.82, 2.24) is 15.0 Å². The van der Waals surface area contributed by atoms with E-state index in [2.05, 4.69) is 39.3 Å². The fraction of sp³-hybridized carbons (Fsp3) is 0.238. The quantitative estimate of drug-likeness (QED) is 0.408. The van der Waals surface area contributed by atoms with E-state index in [0.717, 1.165) is 43.1 Å². The first kappa shape index (κ1) is 17.7. The van der Waals surface area contributed by atoms with Gasteiger partial charge in [0.05, 0.1) is 17.7 Å². The zero-order valence-electron chi connectivity index (χ0n) is 15.0. The normalized spacial score (nSPS) is 11.3. The van der Waals surface area contributed by atoms with Crippen LogP contribution in [0.25, 0.3) is 10.7 Å². The molecule has 3 heterocycles. The average Bonchev–Trinajstić information content (AvgIpc) is 3.45. The van der Waals surface area contributed by atoms with E-state index in [1.54, 1.807) is 17.6 Å². The second-order valence-corrected chi connectivity index (χ2v) is 7.32. The molecule has 0 amide bonds. The van der Waals surface area contributed by atoms with Gasteiger partial charge in [-0.25, -0.2) is 0 Å². The van der Waals surface area contributed by atoms with E-state index in [4.69, 9.17) is 8.94 Å². The topological polar surface area (TPSA) is 55.3 Å². The van der Waals surface area contributed by atoms with Crippen molar-refractivity contribution in [1.29, 1.82) is 0 Å². The molecule has 0 atom stereocenters. The Morgan fingerprint density at radius 3 is 2.67 bits per heavy atom. The lowest BCUT2D eigenvalue weighted by atomic mass is 10.2. The van der Waals surface area contributed by atoms with Gasteiger partial charge in [-0.3, -0.25) is 4.90 Å². The van der Waals surface area contributed by atoms with E-state index in [-0.39, 0.29) is 0 Å². The van der Waals surface area contributed by atoms with Gasteiger partial charge in [-0.05, 0) is 42.1 Å². The van der Waals surface area contributed by atoms with Crippen molar-refractivity contribution in [2.45, 2.75) is 25.9 Å². The number of thiophene rings is 1. The Morgan fingerprint density at radius 2 is 1.89 bits per heavy atom. The summed E-state index contributed by atoms with van der Waals surface area (Å²) in [5.74, 6) is 2.34. The molecule has 0 aliphatic carbocycles. The number of hydrogen-bond donors (Lipinski definition) is 0. The van der Waals surface area contributed by atoms with Gasteiger partial charge in [0.2, 0.25) is 11.7 Å². The molecule has 0 spiro atoms. The molecule has 5 nitrogen and oxygen atoms in total. The van der Waals surface area contributed by atoms with Gasteiger partial charge in [-0.1, -0.05) is 41.6 Å². The van der Waals surface area contributed by atoms with Crippen LogP contribution in [0.5, 0.6) is 0 Å². The lowest BCUT2D eigenvalue weighted by Crippen LogP contribution is -2.24. The van der Waals surface area contributed by atoms with E-state index in [1.165, 1.54) is 5.56 Å². The van der Waals surface area contributed by atoms with Crippen molar-refractivity contribution < 1.29 is 8.94 Å². The number of rotatable bonds is 9. The van der Waals surface area contributed by atoms with E-state index < -0.39 is 0 Å². The number of nitrogens with zero attached hydrogens (tertiary/aromatic N) is 3. The first-order valence-corrected chi connectivity index (χ1v) is 9.90. The lowest BCUT2D eigenvalue weighted by molar-refractivity contribution is 0.229. The highest BCUT2D eigenvalue weighted by atomic mass is 32.1. The third-order valence-corrected chi connectivity index (χ3v) is 5.15. The minimum absolute atomic E-state index is 0.678. The highest BCUT2D eigenvalue weighted by Crippen LogP contribution is 2.21. The molecule has 1 aromatic carbocycles. The van der Waals surface area contributed by atoms with Crippen molar-refractivity contribution in [2.24, 2.45) is 0 Å². The molecule has 0 N–H and O–H groups in total. The number of hydrogen-bond acceptors (Lipinski definition) is 6. The van der Waals surface area contributed by atoms with Gasteiger partial charge in [-0.2, -0.15) is 4.98 Å². The van der Waals surface area contributed by atoms with Crippen LogP contribution in [0, 0.1) is 0 Å². The van der Waals surface area contributed by atoms with Gasteiger partial charge in [0.25, 0.3) is 0 Å². The van der Waals surface area contributed by atoms with Crippen molar-refractivity contribution in [2.75, 3.05) is 6.54 Å². The molecule has 0 saturated heterocycles. The summed E-state index contributed by atoms with van der Waals surface area (Å²) in [5.41, 5.74) is 1.29. The Hall–Kier alpha value is -2.70. The Morgan fingerprint density at radius 1 is 0.963 bits per heavy atom. The molecule has 0 radical (unpaired) electrons. The lowest BCUT2D eigenvalue weighted by Gasteiger charge is -2.21. The van der Waals surface area contributed by atoms with Crippen molar-refractivity contribution in [3.63, 3.8) is 0 Å². The molecule has 0 fully saturated rings. The maximum absolute atomic E-state index is 5.53. The Labute approximate surface area is 162 Å². The van der Waals surface area contributed by atoms with Crippen LogP contribution in [0.15, 0.2) is 75.2 Å². The third kappa shape index (κ3) is 4.93. The fourth-order valence-corrected chi connectivity index (χ4v) is 3.64. The first-order chi connectivity index (χ1) is 13.4. The van der Waals surface area contributed by atoms with Crippen LogP contribution in [0.1, 0.15) is 23.6 Å². The predicted molar refractivity (Wildman–Crippen MR) is 105 cm³/mol. The van der Waals surface area contributed by atoms with Crippen LogP contribution in [0.4, 0.5) is 0 Å². The van der Waals surface area contributed by atoms with Gasteiger partial charge in [0.1, 0.15) is 5.76 Å². The molecule has 4 rings (SSSR count). The minimum atomic E-state index is 0.678. The SMILES string of the molecule is c1ccc(CN(CCCc2nc(-c3cccs3)no2)Cc2ccco2)cc1. The van der Waals surface area contributed by atoms with E-state index in [1.807, 2.05) is 35.7 Å². The van der Waals surface area contributed by atoms with Gasteiger partial charge in [0, 0.05) is 13.0 Å². The predicted octanol–water partition coefficient (Wildman–Crippen LogP) is 5.03. The number of aryl methyl sites for hydroxylation is 1. The molecule has 0 bridgehead atoms. The Kier molecular flexibility index (Phi) is 5.76. The standard InChI is InChI=1S/C21H21N3O2S/c1-2-7-17(8-3-1)15-24(16-18-9-5-13-25-18)12-4-11-20-22-21(23-26-20)19-10-6-14-27-19/h1-3,5-10,13-14H,4,11-12,15-16H2. The highest BCUT2D eigenvalue weighted by molar-refractivity contribution is 7.13. The number of furan rings is 1. The fourth-order valence-electron chi connectivity index (χ4n) is 2.99. The Bertz CT molecular complexity index is 918. The summed E-state index contributed by atoms with van der Waals surface area (Å²) in [7, 11) is 0. The molecule has 0 saturated carbocycles. The van der Waals surface area contributed by atoms with Crippen LogP contribution in [0.2, 0.25) is 0 Å². The molecule has 0 aliphatic heterocycles.